The number of guanidine groups is 1. The summed E-state index contributed by atoms with van der Waals surface area (Å²) in [6.45, 7) is 5.83. The first-order valence-corrected chi connectivity index (χ1v) is 10.4. The normalized spacial score (nSPS) is 14.9. The second-order valence-corrected chi connectivity index (χ2v) is 7.24. The lowest BCUT2D eigenvalue weighted by atomic mass is 10.1. The second kappa shape index (κ2) is 12.0. The van der Waals surface area contributed by atoms with Gasteiger partial charge >= 0.3 is 0 Å². The number of hydrogen-bond donors (Lipinski definition) is 2. The van der Waals surface area contributed by atoms with Gasteiger partial charge in [0, 0.05) is 44.9 Å². The van der Waals surface area contributed by atoms with Crippen LogP contribution in [0, 0.1) is 15.9 Å². The molecule has 1 saturated heterocycles. The highest BCUT2D eigenvalue weighted by Crippen LogP contribution is 2.12. The first kappa shape index (κ1) is 22.6. The molecule has 0 spiro atoms. The molecule has 1 aliphatic heterocycles. The molecule has 0 radical (unpaired) electrons. The lowest BCUT2D eigenvalue weighted by Gasteiger charge is -2.26. The predicted octanol–water partition coefficient (Wildman–Crippen LogP) is 2.34. The van der Waals surface area contributed by atoms with Crippen LogP contribution < -0.4 is 10.6 Å². The zero-order valence-electron chi connectivity index (χ0n) is 17.4. The van der Waals surface area contributed by atoms with Gasteiger partial charge in [0.1, 0.15) is 5.82 Å². The van der Waals surface area contributed by atoms with Gasteiger partial charge in [-0.05, 0) is 23.6 Å². The standard InChI is InChI=1S/C22H28FN5O3/c23-21-4-2-1-3-19(21)9-10-24-22(25-11-12-27-13-15-31-16-14-27)26-17-18-5-7-20(8-6-18)28(29)30/h1-8H,9-17H2,(H2,24,25,26). The first-order valence-electron chi connectivity index (χ1n) is 10.4. The lowest BCUT2D eigenvalue weighted by Crippen LogP contribution is -2.44. The van der Waals surface area contributed by atoms with Gasteiger partial charge in [-0.3, -0.25) is 15.0 Å². The molecule has 0 atom stereocenters. The average molecular weight is 429 g/mol. The van der Waals surface area contributed by atoms with Gasteiger partial charge in [-0.15, -0.1) is 0 Å². The van der Waals surface area contributed by atoms with Crippen molar-refractivity contribution in [2.45, 2.75) is 13.0 Å². The van der Waals surface area contributed by atoms with Gasteiger partial charge in [-0.2, -0.15) is 0 Å². The molecule has 0 unspecified atom stereocenters. The monoisotopic (exact) mass is 429 g/mol. The summed E-state index contributed by atoms with van der Waals surface area (Å²) in [5, 5.41) is 17.4. The van der Waals surface area contributed by atoms with E-state index >= 15 is 0 Å². The van der Waals surface area contributed by atoms with E-state index in [0.717, 1.165) is 38.4 Å². The summed E-state index contributed by atoms with van der Waals surface area (Å²) in [4.78, 5) is 17.3. The highest BCUT2D eigenvalue weighted by Gasteiger charge is 2.10. The van der Waals surface area contributed by atoms with E-state index < -0.39 is 4.92 Å². The van der Waals surface area contributed by atoms with Crippen molar-refractivity contribution in [1.82, 2.24) is 15.5 Å². The van der Waals surface area contributed by atoms with Crippen LogP contribution in [0.2, 0.25) is 0 Å². The maximum absolute atomic E-state index is 13.8. The Morgan fingerprint density at radius 2 is 1.81 bits per heavy atom. The summed E-state index contributed by atoms with van der Waals surface area (Å²) in [7, 11) is 0. The molecular formula is C22H28FN5O3. The van der Waals surface area contributed by atoms with Crippen LogP contribution in [0.3, 0.4) is 0 Å². The third-order valence-corrected chi connectivity index (χ3v) is 5.04. The number of morpholine rings is 1. The number of nitro groups is 1. The van der Waals surface area contributed by atoms with Crippen LogP contribution in [0.25, 0.3) is 0 Å². The van der Waals surface area contributed by atoms with Crippen molar-refractivity contribution < 1.29 is 14.1 Å². The molecule has 0 bridgehead atoms. The fourth-order valence-corrected chi connectivity index (χ4v) is 3.24. The topological polar surface area (TPSA) is 92.0 Å². The summed E-state index contributed by atoms with van der Waals surface area (Å²) >= 11 is 0. The van der Waals surface area contributed by atoms with Crippen LogP contribution in [-0.4, -0.2) is 61.7 Å². The van der Waals surface area contributed by atoms with E-state index in [2.05, 4.69) is 20.5 Å². The van der Waals surface area contributed by atoms with Crippen LogP contribution >= 0.6 is 0 Å². The molecule has 2 N–H and O–H groups in total. The lowest BCUT2D eigenvalue weighted by molar-refractivity contribution is -0.384. The summed E-state index contributed by atoms with van der Waals surface area (Å²) in [6.07, 6.45) is 0.536. The van der Waals surface area contributed by atoms with Crippen molar-refractivity contribution in [2.75, 3.05) is 45.9 Å². The van der Waals surface area contributed by atoms with E-state index in [0.29, 0.717) is 37.6 Å². The van der Waals surface area contributed by atoms with E-state index in [4.69, 9.17) is 4.74 Å². The molecule has 1 heterocycles. The molecule has 31 heavy (non-hydrogen) atoms. The molecular weight excluding hydrogens is 401 g/mol. The Bertz CT molecular complexity index is 870. The van der Waals surface area contributed by atoms with Crippen molar-refractivity contribution in [3.05, 3.63) is 75.6 Å². The van der Waals surface area contributed by atoms with Crippen LogP contribution in [0.1, 0.15) is 11.1 Å². The Morgan fingerprint density at radius 3 is 2.52 bits per heavy atom. The maximum Gasteiger partial charge on any atom is 0.269 e. The number of nitro benzene ring substituents is 1. The van der Waals surface area contributed by atoms with Crippen LogP contribution in [0.15, 0.2) is 53.5 Å². The van der Waals surface area contributed by atoms with E-state index in [-0.39, 0.29) is 11.5 Å². The van der Waals surface area contributed by atoms with Crippen LogP contribution in [0.4, 0.5) is 10.1 Å². The third-order valence-electron chi connectivity index (χ3n) is 5.04. The van der Waals surface area contributed by atoms with Crippen molar-refractivity contribution in [2.24, 2.45) is 4.99 Å². The molecule has 0 saturated carbocycles. The zero-order valence-corrected chi connectivity index (χ0v) is 17.4. The summed E-state index contributed by atoms with van der Waals surface area (Å²) in [5.74, 6) is 0.414. The number of ether oxygens (including phenoxy) is 1. The second-order valence-electron chi connectivity index (χ2n) is 7.24. The number of non-ortho nitro benzene ring substituents is 1. The van der Waals surface area contributed by atoms with Crippen LogP contribution in [-0.2, 0) is 17.7 Å². The van der Waals surface area contributed by atoms with E-state index in [1.165, 1.54) is 18.2 Å². The van der Waals surface area contributed by atoms with Crippen LogP contribution in [0.5, 0.6) is 0 Å². The molecule has 0 aliphatic carbocycles. The quantitative estimate of drug-likeness (QED) is 0.275. The van der Waals surface area contributed by atoms with Gasteiger partial charge < -0.3 is 15.4 Å². The number of aliphatic imine (C=N–C) groups is 1. The Labute approximate surface area is 181 Å². The molecule has 166 valence electrons. The molecule has 1 fully saturated rings. The number of benzene rings is 2. The van der Waals surface area contributed by atoms with E-state index in [9.17, 15) is 14.5 Å². The fraction of sp³-hybridized carbons (Fsp3) is 0.409. The molecule has 8 nitrogen and oxygen atoms in total. The predicted molar refractivity (Wildman–Crippen MR) is 118 cm³/mol. The Kier molecular flexibility index (Phi) is 8.74. The largest absolute Gasteiger partial charge is 0.379 e. The Morgan fingerprint density at radius 1 is 1.10 bits per heavy atom. The molecule has 0 aromatic heterocycles. The van der Waals surface area contributed by atoms with Crippen molar-refractivity contribution in [1.29, 1.82) is 0 Å². The zero-order chi connectivity index (χ0) is 21.9. The van der Waals surface area contributed by atoms with Crippen molar-refractivity contribution in [3.63, 3.8) is 0 Å². The number of rotatable bonds is 9. The van der Waals surface area contributed by atoms with Gasteiger partial charge in [0.15, 0.2) is 5.96 Å². The molecule has 1 aliphatic rings. The first-order chi connectivity index (χ1) is 15.1. The SMILES string of the molecule is O=[N+]([O-])c1ccc(CN=C(NCCc2ccccc2F)NCCN2CCOCC2)cc1. The Hall–Kier alpha value is -3.04. The van der Waals surface area contributed by atoms with Gasteiger partial charge in [0.2, 0.25) is 0 Å². The highest BCUT2D eigenvalue weighted by molar-refractivity contribution is 5.79. The minimum Gasteiger partial charge on any atom is -0.379 e. The summed E-state index contributed by atoms with van der Waals surface area (Å²) < 4.78 is 19.2. The molecule has 3 rings (SSSR count). The maximum atomic E-state index is 13.8. The molecule has 2 aromatic carbocycles. The summed E-state index contributed by atoms with van der Waals surface area (Å²) in [5.41, 5.74) is 1.58. The number of nitrogens with zero attached hydrogens (tertiary/aromatic N) is 3. The fourth-order valence-electron chi connectivity index (χ4n) is 3.24. The smallest absolute Gasteiger partial charge is 0.269 e. The molecule has 0 amide bonds. The molecule has 9 heteroatoms. The number of nitrogens with one attached hydrogen (secondary N) is 2. The third kappa shape index (κ3) is 7.62. The highest BCUT2D eigenvalue weighted by atomic mass is 19.1. The molecule has 2 aromatic rings. The summed E-state index contributed by atoms with van der Waals surface area (Å²) in [6, 6.07) is 13.1. The Balaban J connectivity index is 1.55. The van der Waals surface area contributed by atoms with Crippen molar-refractivity contribution >= 4 is 11.6 Å². The van der Waals surface area contributed by atoms with E-state index in [1.54, 1.807) is 24.3 Å². The van der Waals surface area contributed by atoms with Gasteiger partial charge in [0.05, 0.1) is 24.7 Å². The van der Waals surface area contributed by atoms with E-state index in [1.807, 2.05) is 6.07 Å². The minimum absolute atomic E-state index is 0.0552. The van der Waals surface area contributed by atoms with Gasteiger partial charge in [-0.1, -0.05) is 30.3 Å². The number of halogens is 1. The number of hydrogen-bond acceptors (Lipinski definition) is 5. The minimum atomic E-state index is -0.421. The average Bonchev–Trinajstić information content (AvgIpc) is 2.79. The van der Waals surface area contributed by atoms with Crippen molar-refractivity contribution in [3.8, 4) is 0 Å². The van der Waals surface area contributed by atoms with Gasteiger partial charge in [0.25, 0.3) is 5.69 Å². The van der Waals surface area contributed by atoms with Gasteiger partial charge in [-0.25, -0.2) is 9.38 Å².